The molecule has 5 heteroatoms. The minimum Gasteiger partial charge on any atom is -0.357 e. The first kappa shape index (κ1) is 16.8. The van der Waals surface area contributed by atoms with Crippen LogP contribution in [0.2, 0.25) is 5.02 Å². The number of nitrogens with one attached hydrogen (secondary N) is 2. The Hall–Kier alpha value is -1.29. The van der Waals surface area contributed by atoms with Crippen LogP contribution in [0.1, 0.15) is 33.3 Å². The molecule has 0 spiro atoms. The molecule has 0 aliphatic rings. The zero-order valence-corrected chi connectivity index (χ0v) is 13.3. The lowest BCUT2D eigenvalue weighted by Crippen LogP contribution is -2.47. The molecule has 0 saturated heterocycles. The van der Waals surface area contributed by atoms with E-state index in [9.17, 15) is 4.39 Å². The molecule has 0 unspecified atom stereocenters. The van der Waals surface area contributed by atoms with Crippen LogP contribution in [-0.4, -0.2) is 24.6 Å². The number of hydrogen-bond acceptors (Lipinski definition) is 1. The van der Waals surface area contributed by atoms with Gasteiger partial charge in [0.1, 0.15) is 5.82 Å². The van der Waals surface area contributed by atoms with Gasteiger partial charge in [0.15, 0.2) is 5.96 Å². The van der Waals surface area contributed by atoms with E-state index in [4.69, 9.17) is 11.6 Å². The summed E-state index contributed by atoms with van der Waals surface area (Å²) in [6.45, 7) is 9.66. The summed E-state index contributed by atoms with van der Waals surface area (Å²) in [6, 6.07) is 4.46. The average molecular weight is 300 g/mol. The van der Waals surface area contributed by atoms with Gasteiger partial charge in [0.25, 0.3) is 0 Å². The molecule has 3 nitrogen and oxygen atoms in total. The van der Waals surface area contributed by atoms with Crippen molar-refractivity contribution in [3.05, 3.63) is 34.6 Å². The summed E-state index contributed by atoms with van der Waals surface area (Å²) in [7, 11) is 0. The third-order valence-electron chi connectivity index (χ3n) is 2.50. The number of guanidine groups is 1. The maximum Gasteiger partial charge on any atom is 0.191 e. The Morgan fingerprint density at radius 2 is 2.05 bits per heavy atom. The number of halogens is 2. The largest absolute Gasteiger partial charge is 0.357 e. The van der Waals surface area contributed by atoms with E-state index in [1.165, 1.54) is 12.1 Å². The molecule has 1 rings (SSSR count). The maximum absolute atomic E-state index is 13.0. The normalized spacial score (nSPS) is 12.4. The van der Waals surface area contributed by atoms with E-state index in [1.807, 2.05) is 6.92 Å². The highest BCUT2D eigenvalue weighted by atomic mass is 35.5. The Morgan fingerprint density at radius 3 is 2.60 bits per heavy atom. The fraction of sp³-hybridized carbons (Fsp3) is 0.533. The second-order valence-electron chi connectivity index (χ2n) is 5.62. The van der Waals surface area contributed by atoms with Gasteiger partial charge in [0.05, 0.1) is 0 Å². The molecule has 1 aromatic rings. The first-order valence-electron chi connectivity index (χ1n) is 6.82. The fourth-order valence-electron chi connectivity index (χ4n) is 1.67. The maximum atomic E-state index is 13.0. The molecule has 0 aromatic heterocycles. The zero-order chi connectivity index (χ0) is 15.2. The van der Waals surface area contributed by atoms with E-state index >= 15 is 0 Å². The lowest BCUT2D eigenvalue weighted by atomic mass is 10.1. The first-order valence-corrected chi connectivity index (χ1v) is 7.20. The second kappa shape index (κ2) is 7.48. The van der Waals surface area contributed by atoms with Gasteiger partial charge >= 0.3 is 0 Å². The molecule has 0 aliphatic heterocycles. The second-order valence-corrected chi connectivity index (χ2v) is 6.03. The average Bonchev–Trinajstić information content (AvgIpc) is 2.30. The Morgan fingerprint density at radius 1 is 1.35 bits per heavy atom. The highest BCUT2D eigenvalue weighted by Crippen LogP contribution is 2.17. The highest BCUT2D eigenvalue weighted by molar-refractivity contribution is 6.31. The fourth-order valence-corrected chi connectivity index (χ4v) is 1.94. The van der Waals surface area contributed by atoms with Gasteiger partial charge in [-0.2, -0.15) is 0 Å². The summed E-state index contributed by atoms with van der Waals surface area (Å²) in [4.78, 5) is 4.50. The lowest BCUT2D eigenvalue weighted by Gasteiger charge is -2.23. The van der Waals surface area contributed by atoms with Gasteiger partial charge in [-0.05, 0) is 51.8 Å². The summed E-state index contributed by atoms with van der Waals surface area (Å²) in [6.07, 6.45) is 0.680. The van der Waals surface area contributed by atoms with Crippen molar-refractivity contribution in [1.82, 2.24) is 10.6 Å². The molecule has 0 aliphatic carbocycles. The van der Waals surface area contributed by atoms with Crippen molar-refractivity contribution in [1.29, 1.82) is 0 Å². The molecule has 0 radical (unpaired) electrons. The summed E-state index contributed by atoms with van der Waals surface area (Å²) < 4.78 is 13.0. The summed E-state index contributed by atoms with van der Waals surface area (Å²) >= 11 is 5.99. The molecular formula is C15H23ClFN3. The molecule has 1 aromatic carbocycles. The van der Waals surface area contributed by atoms with Crippen LogP contribution in [-0.2, 0) is 6.42 Å². The van der Waals surface area contributed by atoms with E-state index < -0.39 is 0 Å². The lowest BCUT2D eigenvalue weighted by molar-refractivity contribution is 0.501. The third-order valence-corrected chi connectivity index (χ3v) is 2.86. The van der Waals surface area contributed by atoms with E-state index in [1.54, 1.807) is 6.07 Å². The summed E-state index contributed by atoms with van der Waals surface area (Å²) in [5.74, 6) is 0.461. The van der Waals surface area contributed by atoms with Gasteiger partial charge in [-0.25, -0.2) is 4.39 Å². The van der Waals surface area contributed by atoms with Gasteiger partial charge in [0, 0.05) is 23.7 Å². The van der Waals surface area contributed by atoms with Crippen molar-refractivity contribution < 1.29 is 4.39 Å². The standard InChI is InChI=1S/C15H23ClFN3/c1-5-18-14(20-15(2,3)4)19-9-8-11-6-7-12(17)10-13(11)16/h6-7,10H,5,8-9H2,1-4H3,(H2,18,19,20). The molecule has 0 atom stereocenters. The number of aliphatic imine (C=N–C) groups is 1. The summed E-state index contributed by atoms with van der Waals surface area (Å²) in [5, 5.41) is 6.96. The number of nitrogens with zero attached hydrogens (tertiary/aromatic N) is 1. The quantitative estimate of drug-likeness (QED) is 0.660. The SMILES string of the molecule is CCNC(=NCCc1ccc(F)cc1Cl)NC(C)(C)C. The molecule has 2 N–H and O–H groups in total. The predicted molar refractivity (Wildman–Crippen MR) is 84.0 cm³/mol. The van der Waals surface area contributed by atoms with Crippen LogP contribution in [0, 0.1) is 5.82 Å². The topological polar surface area (TPSA) is 36.4 Å². The number of hydrogen-bond donors (Lipinski definition) is 2. The highest BCUT2D eigenvalue weighted by Gasteiger charge is 2.11. The minimum absolute atomic E-state index is 0.0471. The van der Waals surface area contributed by atoms with E-state index in [-0.39, 0.29) is 11.4 Å². The van der Waals surface area contributed by atoms with Gasteiger partial charge in [-0.15, -0.1) is 0 Å². The smallest absolute Gasteiger partial charge is 0.191 e. The van der Waals surface area contributed by atoms with E-state index in [0.29, 0.717) is 18.0 Å². The molecule has 0 saturated carbocycles. The van der Waals surface area contributed by atoms with Crippen molar-refractivity contribution >= 4 is 17.6 Å². The zero-order valence-electron chi connectivity index (χ0n) is 12.6. The molecule has 0 amide bonds. The Balaban J connectivity index is 2.63. The molecule has 0 fully saturated rings. The van der Waals surface area contributed by atoms with Gasteiger partial charge in [-0.1, -0.05) is 17.7 Å². The van der Waals surface area contributed by atoms with E-state index in [2.05, 4.69) is 36.4 Å². The van der Waals surface area contributed by atoms with Gasteiger partial charge in [0.2, 0.25) is 0 Å². The molecule has 112 valence electrons. The van der Waals surface area contributed by atoms with Crippen molar-refractivity contribution in [3.63, 3.8) is 0 Å². The van der Waals surface area contributed by atoms with Crippen molar-refractivity contribution in [3.8, 4) is 0 Å². The molecular weight excluding hydrogens is 277 g/mol. The van der Waals surface area contributed by atoms with Crippen LogP contribution in [0.15, 0.2) is 23.2 Å². The first-order chi connectivity index (χ1) is 9.31. The predicted octanol–water partition coefficient (Wildman–Crippen LogP) is 3.38. The van der Waals surface area contributed by atoms with E-state index in [0.717, 1.165) is 18.1 Å². The molecule has 0 heterocycles. The van der Waals surface area contributed by atoms with Crippen LogP contribution in [0.25, 0.3) is 0 Å². The van der Waals surface area contributed by atoms with Crippen molar-refractivity contribution in [2.24, 2.45) is 4.99 Å². The Labute approximate surface area is 125 Å². The third kappa shape index (κ3) is 6.24. The number of rotatable bonds is 4. The van der Waals surface area contributed by atoms with Crippen LogP contribution in [0.3, 0.4) is 0 Å². The minimum atomic E-state index is -0.315. The summed E-state index contributed by atoms with van der Waals surface area (Å²) in [5.41, 5.74) is 0.859. The van der Waals surface area contributed by atoms with Crippen LogP contribution in [0.5, 0.6) is 0 Å². The van der Waals surface area contributed by atoms with Crippen molar-refractivity contribution in [2.45, 2.75) is 39.7 Å². The van der Waals surface area contributed by atoms with Gasteiger partial charge in [-0.3, -0.25) is 4.99 Å². The molecule has 0 bridgehead atoms. The van der Waals surface area contributed by atoms with Crippen molar-refractivity contribution in [2.75, 3.05) is 13.1 Å². The Kier molecular flexibility index (Phi) is 6.27. The number of benzene rings is 1. The monoisotopic (exact) mass is 299 g/mol. The van der Waals surface area contributed by atoms with Gasteiger partial charge < -0.3 is 10.6 Å². The van der Waals surface area contributed by atoms with Crippen LogP contribution < -0.4 is 10.6 Å². The van der Waals surface area contributed by atoms with Crippen LogP contribution >= 0.6 is 11.6 Å². The molecule has 20 heavy (non-hydrogen) atoms. The Bertz CT molecular complexity index is 467. The van der Waals surface area contributed by atoms with Crippen LogP contribution in [0.4, 0.5) is 4.39 Å².